The van der Waals surface area contributed by atoms with Gasteiger partial charge in [-0.1, -0.05) is 23.7 Å². The normalized spacial score (nSPS) is 11.9. The van der Waals surface area contributed by atoms with Crippen LogP contribution in [0.15, 0.2) is 34.9 Å². The maximum absolute atomic E-state index is 11.6. The van der Waals surface area contributed by atoms with E-state index in [1.165, 1.54) is 6.92 Å². The molecule has 6 nitrogen and oxygen atoms in total. The van der Waals surface area contributed by atoms with Crippen molar-refractivity contribution in [3.05, 3.63) is 41.4 Å². The molecular formula is C15H15ClN2O4. The number of amides is 1. The summed E-state index contributed by atoms with van der Waals surface area (Å²) < 4.78 is 5.56. The number of nitrogens with zero attached hydrogens (tertiary/aromatic N) is 1. The van der Waals surface area contributed by atoms with Crippen LogP contribution < -0.4 is 5.32 Å². The molecule has 7 heteroatoms. The number of aromatic nitrogens is 1. The molecule has 0 aliphatic rings. The second-order valence-electron chi connectivity index (χ2n) is 4.73. The molecule has 2 rings (SSSR count). The Morgan fingerprint density at radius 3 is 2.82 bits per heavy atom. The van der Waals surface area contributed by atoms with Crippen LogP contribution in [0.25, 0.3) is 11.3 Å². The van der Waals surface area contributed by atoms with E-state index in [1.54, 1.807) is 12.3 Å². The van der Waals surface area contributed by atoms with Gasteiger partial charge in [-0.2, -0.15) is 0 Å². The van der Waals surface area contributed by atoms with Gasteiger partial charge in [0.25, 0.3) is 0 Å². The molecule has 22 heavy (non-hydrogen) atoms. The highest BCUT2D eigenvalue weighted by Crippen LogP contribution is 2.28. The van der Waals surface area contributed by atoms with Crippen molar-refractivity contribution in [1.82, 2.24) is 10.3 Å². The molecular weight excluding hydrogens is 308 g/mol. The molecule has 2 aromatic rings. The Bertz CT molecular complexity index is 684. The number of oxazole rings is 1. The number of benzene rings is 1. The predicted molar refractivity (Wildman–Crippen MR) is 80.5 cm³/mol. The second kappa shape index (κ2) is 7.09. The fraction of sp³-hybridized carbons (Fsp3) is 0.267. The summed E-state index contributed by atoms with van der Waals surface area (Å²) in [5.41, 5.74) is 0.729. The third-order valence-corrected chi connectivity index (χ3v) is 3.34. The lowest BCUT2D eigenvalue weighted by Gasteiger charge is -2.07. The Labute approximate surface area is 132 Å². The smallest absolute Gasteiger partial charge is 0.325 e. The van der Waals surface area contributed by atoms with E-state index >= 15 is 0 Å². The standard InChI is InChI=1S/C15H15ClN2O4/c1-9(15(20)21)18-13(19)6-7-14-17-8-12(22-14)10-4-2-3-5-11(10)16/h2-5,8-9H,6-7H2,1H3,(H,18,19)(H,20,21)/t9-/m1/s1. The van der Waals surface area contributed by atoms with Crippen molar-refractivity contribution in [2.45, 2.75) is 25.8 Å². The lowest BCUT2D eigenvalue weighted by atomic mass is 10.2. The van der Waals surface area contributed by atoms with Crippen LogP contribution in [0.2, 0.25) is 5.02 Å². The van der Waals surface area contributed by atoms with E-state index in [1.807, 2.05) is 18.2 Å². The molecule has 0 saturated heterocycles. The minimum Gasteiger partial charge on any atom is -0.480 e. The number of aryl methyl sites for hydroxylation is 1. The molecule has 0 radical (unpaired) electrons. The summed E-state index contributed by atoms with van der Waals surface area (Å²) in [5, 5.41) is 11.6. The maximum atomic E-state index is 11.6. The molecule has 1 heterocycles. The monoisotopic (exact) mass is 322 g/mol. The van der Waals surface area contributed by atoms with E-state index in [-0.39, 0.29) is 18.7 Å². The van der Waals surface area contributed by atoms with Crippen LogP contribution in [0.5, 0.6) is 0 Å². The van der Waals surface area contributed by atoms with Gasteiger partial charge in [0.1, 0.15) is 6.04 Å². The summed E-state index contributed by atoms with van der Waals surface area (Å²) in [6.45, 7) is 1.40. The molecule has 0 saturated carbocycles. The number of hydrogen-bond donors (Lipinski definition) is 2. The molecule has 0 aliphatic heterocycles. The topological polar surface area (TPSA) is 92.4 Å². The molecule has 0 bridgehead atoms. The van der Waals surface area contributed by atoms with Gasteiger partial charge >= 0.3 is 5.97 Å². The van der Waals surface area contributed by atoms with Crippen molar-refractivity contribution < 1.29 is 19.1 Å². The molecule has 1 atom stereocenters. The molecule has 0 spiro atoms. The zero-order chi connectivity index (χ0) is 16.1. The number of halogens is 1. The molecule has 0 fully saturated rings. The van der Waals surface area contributed by atoms with Crippen LogP contribution in [0.1, 0.15) is 19.2 Å². The Balaban J connectivity index is 1.94. The highest BCUT2D eigenvalue weighted by Gasteiger charge is 2.15. The van der Waals surface area contributed by atoms with Crippen molar-refractivity contribution in [2.24, 2.45) is 0 Å². The average molecular weight is 323 g/mol. The van der Waals surface area contributed by atoms with Crippen molar-refractivity contribution in [3.8, 4) is 11.3 Å². The largest absolute Gasteiger partial charge is 0.480 e. The van der Waals surface area contributed by atoms with Crippen LogP contribution >= 0.6 is 11.6 Å². The number of aliphatic carboxylic acids is 1. The molecule has 116 valence electrons. The van der Waals surface area contributed by atoms with Crippen LogP contribution in [-0.2, 0) is 16.0 Å². The first-order valence-electron chi connectivity index (χ1n) is 6.69. The number of carboxylic acids is 1. The van der Waals surface area contributed by atoms with E-state index in [0.29, 0.717) is 16.7 Å². The average Bonchev–Trinajstić information content (AvgIpc) is 2.94. The Morgan fingerprint density at radius 2 is 2.14 bits per heavy atom. The summed E-state index contributed by atoms with van der Waals surface area (Å²) in [5.74, 6) is -0.522. The quantitative estimate of drug-likeness (QED) is 0.852. The van der Waals surface area contributed by atoms with Gasteiger partial charge in [0.2, 0.25) is 5.91 Å². The zero-order valence-corrected chi connectivity index (χ0v) is 12.6. The van der Waals surface area contributed by atoms with Gasteiger partial charge < -0.3 is 14.8 Å². The van der Waals surface area contributed by atoms with Crippen LogP contribution in [0.4, 0.5) is 0 Å². The summed E-state index contributed by atoms with van der Waals surface area (Å²) in [4.78, 5) is 26.3. The van der Waals surface area contributed by atoms with Gasteiger partial charge in [0.15, 0.2) is 11.7 Å². The van der Waals surface area contributed by atoms with Gasteiger partial charge in [-0.05, 0) is 19.1 Å². The lowest BCUT2D eigenvalue weighted by molar-refractivity contribution is -0.141. The lowest BCUT2D eigenvalue weighted by Crippen LogP contribution is -2.38. The third-order valence-electron chi connectivity index (χ3n) is 3.01. The molecule has 1 aromatic heterocycles. The van der Waals surface area contributed by atoms with Crippen molar-refractivity contribution in [2.75, 3.05) is 0 Å². The number of carbonyl (C=O) groups excluding carboxylic acids is 1. The van der Waals surface area contributed by atoms with Crippen LogP contribution in [-0.4, -0.2) is 28.0 Å². The highest BCUT2D eigenvalue weighted by atomic mass is 35.5. The van der Waals surface area contributed by atoms with Crippen molar-refractivity contribution in [3.63, 3.8) is 0 Å². The molecule has 2 N–H and O–H groups in total. The van der Waals surface area contributed by atoms with Crippen molar-refractivity contribution >= 4 is 23.5 Å². The number of carbonyl (C=O) groups is 2. The number of nitrogens with one attached hydrogen (secondary N) is 1. The Hall–Kier alpha value is -2.34. The molecule has 0 aliphatic carbocycles. The van der Waals surface area contributed by atoms with E-state index < -0.39 is 12.0 Å². The Morgan fingerprint density at radius 1 is 1.41 bits per heavy atom. The van der Waals surface area contributed by atoms with E-state index in [2.05, 4.69) is 10.3 Å². The minimum absolute atomic E-state index is 0.0973. The Kier molecular flexibility index (Phi) is 5.16. The summed E-state index contributed by atoms with van der Waals surface area (Å²) >= 11 is 6.07. The third kappa shape index (κ3) is 4.08. The minimum atomic E-state index is -1.08. The molecule has 1 amide bonds. The maximum Gasteiger partial charge on any atom is 0.325 e. The number of carboxylic acid groups (broad SMARTS) is 1. The SMILES string of the molecule is C[C@@H](NC(=O)CCc1ncc(-c2ccccc2Cl)o1)C(=O)O. The van der Waals surface area contributed by atoms with Crippen LogP contribution in [0.3, 0.4) is 0 Å². The summed E-state index contributed by atoms with van der Waals surface area (Å²) in [6, 6.07) is 6.30. The highest BCUT2D eigenvalue weighted by molar-refractivity contribution is 6.33. The van der Waals surface area contributed by atoms with E-state index in [9.17, 15) is 9.59 Å². The first-order chi connectivity index (χ1) is 10.5. The van der Waals surface area contributed by atoms with Gasteiger partial charge in [0, 0.05) is 18.4 Å². The van der Waals surface area contributed by atoms with Gasteiger partial charge in [0.05, 0.1) is 11.2 Å². The van der Waals surface area contributed by atoms with Gasteiger partial charge in [-0.3, -0.25) is 9.59 Å². The first-order valence-corrected chi connectivity index (χ1v) is 7.07. The van der Waals surface area contributed by atoms with Gasteiger partial charge in [-0.25, -0.2) is 4.98 Å². The second-order valence-corrected chi connectivity index (χ2v) is 5.13. The summed E-state index contributed by atoms with van der Waals surface area (Å²) in [7, 11) is 0. The first kappa shape index (κ1) is 16.0. The molecule has 1 aromatic carbocycles. The van der Waals surface area contributed by atoms with Gasteiger partial charge in [-0.15, -0.1) is 0 Å². The number of rotatable bonds is 6. The fourth-order valence-electron chi connectivity index (χ4n) is 1.81. The summed E-state index contributed by atoms with van der Waals surface area (Å²) in [6.07, 6.45) is 1.93. The predicted octanol–water partition coefficient (Wildman–Crippen LogP) is 2.52. The zero-order valence-electron chi connectivity index (χ0n) is 11.9. The van der Waals surface area contributed by atoms with E-state index in [0.717, 1.165) is 5.56 Å². The van der Waals surface area contributed by atoms with Crippen LogP contribution in [0, 0.1) is 0 Å². The number of hydrogen-bond acceptors (Lipinski definition) is 4. The fourth-order valence-corrected chi connectivity index (χ4v) is 2.04. The van der Waals surface area contributed by atoms with E-state index in [4.69, 9.17) is 21.1 Å². The van der Waals surface area contributed by atoms with Crippen molar-refractivity contribution in [1.29, 1.82) is 0 Å². The molecule has 0 unspecified atom stereocenters.